The zero-order valence-electron chi connectivity index (χ0n) is 11.1. The molecule has 0 saturated heterocycles. The molecule has 0 atom stereocenters. The second-order valence-corrected chi connectivity index (χ2v) is 4.64. The van der Waals surface area contributed by atoms with Crippen molar-refractivity contribution in [3.63, 3.8) is 0 Å². The van der Waals surface area contributed by atoms with Crippen LogP contribution in [0.2, 0.25) is 0 Å². The zero-order valence-corrected chi connectivity index (χ0v) is 12.7. The zero-order chi connectivity index (χ0) is 14.5. The number of rotatable bonds is 5. The number of ether oxygens (including phenoxy) is 1. The van der Waals surface area contributed by atoms with Crippen molar-refractivity contribution < 1.29 is 9.53 Å². The normalized spacial score (nSPS) is 10.3. The molecule has 0 aromatic carbocycles. The van der Waals surface area contributed by atoms with Crippen LogP contribution in [0.1, 0.15) is 24.3 Å². The molecule has 2 aromatic rings. The Kier molecular flexibility index (Phi) is 4.67. The van der Waals surface area contributed by atoms with E-state index in [-0.39, 0.29) is 5.91 Å². The maximum absolute atomic E-state index is 12.2. The molecular formula is C12H14BrN5O2. The van der Waals surface area contributed by atoms with Crippen LogP contribution in [0, 0.1) is 0 Å². The van der Waals surface area contributed by atoms with Crippen LogP contribution in [-0.2, 0) is 6.54 Å². The van der Waals surface area contributed by atoms with Crippen molar-refractivity contribution in [2.75, 3.05) is 11.9 Å². The fraction of sp³-hybridized carbons (Fsp3) is 0.333. The fourth-order valence-electron chi connectivity index (χ4n) is 1.63. The van der Waals surface area contributed by atoms with Crippen molar-refractivity contribution in [1.29, 1.82) is 0 Å². The molecule has 1 N–H and O–H groups in total. The van der Waals surface area contributed by atoms with Gasteiger partial charge in [-0.2, -0.15) is 10.1 Å². The van der Waals surface area contributed by atoms with Gasteiger partial charge in [-0.05, 0) is 29.8 Å². The van der Waals surface area contributed by atoms with Gasteiger partial charge in [0.15, 0.2) is 5.82 Å². The first-order valence-electron chi connectivity index (χ1n) is 6.13. The molecule has 106 valence electrons. The number of halogens is 1. The smallest absolute Gasteiger partial charge is 0.276 e. The van der Waals surface area contributed by atoms with E-state index < -0.39 is 0 Å². The van der Waals surface area contributed by atoms with Crippen molar-refractivity contribution in [2.24, 2.45) is 0 Å². The van der Waals surface area contributed by atoms with Crippen LogP contribution < -0.4 is 10.1 Å². The molecule has 1 amide bonds. The summed E-state index contributed by atoms with van der Waals surface area (Å²) in [7, 11) is 0. The topological polar surface area (TPSA) is 81.9 Å². The van der Waals surface area contributed by atoms with Gasteiger partial charge < -0.3 is 10.1 Å². The first kappa shape index (κ1) is 14.4. The highest BCUT2D eigenvalue weighted by atomic mass is 79.9. The van der Waals surface area contributed by atoms with Crippen LogP contribution in [-0.4, -0.2) is 32.3 Å². The summed E-state index contributed by atoms with van der Waals surface area (Å²) in [4.78, 5) is 20.3. The van der Waals surface area contributed by atoms with E-state index in [0.717, 1.165) is 0 Å². The third-order valence-corrected chi connectivity index (χ3v) is 3.04. The van der Waals surface area contributed by atoms with E-state index in [4.69, 9.17) is 4.74 Å². The van der Waals surface area contributed by atoms with Gasteiger partial charge in [0.25, 0.3) is 5.91 Å². The monoisotopic (exact) mass is 339 g/mol. The molecule has 0 saturated carbocycles. The molecule has 20 heavy (non-hydrogen) atoms. The SMILES string of the molecule is CCOc1cncc(NC(=O)c2c(Br)cnn2CC)n1. The molecule has 0 aliphatic rings. The van der Waals surface area contributed by atoms with Crippen LogP contribution in [0.25, 0.3) is 0 Å². The Bertz CT molecular complexity index is 614. The highest BCUT2D eigenvalue weighted by Gasteiger charge is 2.17. The number of anilines is 1. The van der Waals surface area contributed by atoms with Gasteiger partial charge in [0.05, 0.1) is 29.7 Å². The predicted octanol–water partition coefficient (Wildman–Crippen LogP) is 2.11. The van der Waals surface area contributed by atoms with Crippen molar-refractivity contribution in [1.82, 2.24) is 19.7 Å². The lowest BCUT2D eigenvalue weighted by Gasteiger charge is -2.07. The third-order valence-electron chi connectivity index (χ3n) is 2.46. The van der Waals surface area contributed by atoms with E-state index in [1.54, 1.807) is 10.9 Å². The lowest BCUT2D eigenvalue weighted by Crippen LogP contribution is -2.18. The summed E-state index contributed by atoms with van der Waals surface area (Å²) in [5.74, 6) is 0.393. The molecule has 8 heteroatoms. The molecule has 0 radical (unpaired) electrons. The molecule has 0 aliphatic heterocycles. The average molecular weight is 340 g/mol. The maximum Gasteiger partial charge on any atom is 0.276 e. The Labute approximate surface area is 124 Å². The van der Waals surface area contributed by atoms with Gasteiger partial charge in [-0.15, -0.1) is 0 Å². The number of nitrogens with zero attached hydrogens (tertiary/aromatic N) is 4. The van der Waals surface area contributed by atoms with Crippen molar-refractivity contribution in [3.8, 4) is 5.88 Å². The molecule has 2 rings (SSSR count). The highest BCUT2D eigenvalue weighted by Crippen LogP contribution is 2.18. The minimum Gasteiger partial charge on any atom is -0.477 e. The molecular weight excluding hydrogens is 326 g/mol. The standard InChI is InChI=1S/C12H14BrN5O2/c1-3-18-11(8(13)5-15-18)12(19)17-9-6-14-7-10(16-9)20-4-2/h5-7H,3-4H2,1-2H3,(H,16,17,19). The summed E-state index contributed by atoms with van der Waals surface area (Å²) in [6.07, 6.45) is 4.53. The summed E-state index contributed by atoms with van der Waals surface area (Å²) in [6, 6.07) is 0. The van der Waals surface area contributed by atoms with Gasteiger partial charge in [-0.3, -0.25) is 14.5 Å². The largest absolute Gasteiger partial charge is 0.477 e. The molecule has 7 nitrogen and oxygen atoms in total. The summed E-state index contributed by atoms with van der Waals surface area (Å²) in [5.41, 5.74) is 0.441. The lowest BCUT2D eigenvalue weighted by atomic mass is 10.4. The first-order valence-corrected chi connectivity index (χ1v) is 6.92. The van der Waals surface area contributed by atoms with E-state index >= 15 is 0 Å². The van der Waals surface area contributed by atoms with Gasteiger partial charge >= 0.3 is 0 Å². The molecule has 2 aromatic heterocycles. The van der Waals surface area contributed by atoms with Crippen LogP contribution in [0.4, 0.5) is 5.82 Å². The first-order chi connectivity index (χ1) is 9.65. The van der Waals surface area contributed by atoms with Gasteiger partial charge in [-0.25, -0.2) is 0 Å². The van der Waals surface area contributed by atoms with Crippen LogP contribution in [0.5, 0.6) is 5.88 Å². The number of amides is 1. The Morgan fingerprint density at radius 1 is 1.40 bits per heavy atom. The van der Waals surface area contributed by atoms with E-state index in [1.807, 2.05) is 13.8 Å². The Balaban J connectivity index is 2.19. The summed E-state index contributed by atoms with van der Waals surface area (Å²) in [6.45, 7) is 4.84. The second kappa shape index (κ2) is 6.47. The number of nitrogens with one attached hydrogen (secondary N) is 1. The summed E-state index contributed by atoms with van der Waals surface area (Å²) >= 11 is 3.31. The van der Waals surface area contributed by atoms with E-state index in [9.17, 15) is 4.79 Å². The summed E-state index contributed by atoms with van der Waals surface area (Å²) in [5, 5.41) is 6.77. The van der Waals surface area contributed by atoms with E-state index in [0.29, 0.717) is 35.0 Å². The quantitative estimate of drug-likeness (QED) is 0.901. The second-order valence-electron chi connectivity index (χ2n) is 3.79. The van der Waals surface area contributed by atoms with Crippen molar-refractivity contribution >= 4 is 27.7 Å². The van der Waals surface area contributed by atoms with Gasteiger partial charge in [0, 0.05) is 6.54 Å². The molecule has 0 fully saturated rings. The number of carbonyl (C=O) groups is 1. The number of hydrogen-bond acceptors (Lipinski definition) is 5. The highest BCUT2D eigenvalue weighted by molar-refractivity contribution is 9.10. The number of hydrogen-bond donors (Lipinski definition) is 1. The Morgan fingerprint density at radius 3 is 2.90 bits per heavy atom. The number of aromatic nitrogens is 4. The van der Waals surface area contributed by atoms with Crippen LogP contribution in [0.15, 0.2) is 23.1 Å². The van der Waals surface area contributed by atoms with Crippen LogP contribution >= 0.6 is 15.9 Å². The van der Waals surface area contributed by atoms with Crippen LogP contribution in [0.3, 0.4) is 0 Å². The maximum atomic E-state index is 12.2. The Hall–Kier alpha value is -1.96. The minimum atomic E-state index is -0.306. The van der Waals surface area contributed by atoms with E-state index in [1.165, 1.54) is 12.4 Å². The van der Waals surface area contributed by atoms with Crippen molar-refractivity contribution in [2.45, 2.75) is 20.4 Å². The minimum absolute atomic E-state index is 0.306. The van der Waals surface area contributed by atoms with Gasteiger partial charge in [0.2, 0.25) is 5.88 Å². The van der Waals surface area contributed by atoms with E-state index in [2.05, 4.69) is 36.3 Å². The van der Waals surface area contributed by atoms with Gasteiger partial charge in [-0.1, -0.05) is 0 Å². The molecule has 0 bridgehead atoms. The van der Waals surface area contributed by atoms with Gasteiger partial charge in [0.1, 0.15) is 5.69 Å². The lowest BCUT2D eigenvalue weighted by molar-refractivity contribution is 0.101. The average Bonchev–Trinajstić information content (AvgIpc) is 2.80. The molecule has 2 heterocycles. The third kappa shape index (κ3) is 3.13. The molecule has 0 spiro atoms. The fourth-order valence-corrected chi connectivity index (χ4v) is 2.11. The molecule has 0 unspecified atom stereocenters. The predicted molar refractivity (Wildman–Crippen MR) is 76.8 cm³/mol. The number of carbonyl (C=O) groups excluding carboxylic acids is 1. The van der Waals surface area contributed by atoms with Crippen molar-refractivity contribution in [3.05, 3.63) is 28.8 Å². The Morgan fingerprint density at radius 2 is 2.20 bits per heavy atom. The number of aryl methyl sites for hydroxylation is 1. The molecule has 0 aliphatic carbocycles. The summed E-state index contributed by atoms with van der Waals surface area (Å²) < 4.78 is 7.46.